The SMILES string of the molecule is CC(C)c1ccc(C(NC(=O)[C@@H]2CCCN2C(=O)Cc2cnn[nH]2)c2cccc(-c3cnco3)c2)nc1F. The number of hydrogen-bond donors (Lipinski definition) is 2. The summed E-state index contributed by atoms with van der Waals surface area (Å²) in [4.78, 5) is 36.4. The van der Waals surface area contributed by atoms with Crippen molar-refractivity contribution in [3.05, 3.63) is 83.6 Å². The number of halogens is 1. The van der Waals surface area contributed by atoms with E-state index in [1.165, 1.54) is 12.6 Å². The molecule has 2 atom stereocenters. The topological polar surface area (TPSA) is 130 Å². The lowest BCUT2D eigenvalue weighted by molar-refractivity contribution is -0.138. The van der Waals surface area contributed by atoms with Crippen LogP contribution in [0.5, 0.6) is 0 Å². The molecule has 1 unspecified atom stereocenters. The maximum Gasteiger partial charge on any atom is 0.243 e. The number of H-pyrrole nitrogens is 1. The van der Waals surface area contributed by atoms with Crippen LogP contribution < -0.4 is 5.32 Å². The lowest BCUT2D eigenvalue weighted by Gasteiger charge is -2.27. The number of nitrogens with one attached hydrogen (secondary N) is 2. The minimum atomic E-state index is -0.754. The van der Waals surface area contributed by atoms with Gasteiger partial charge in [-0.1, -0.05) is 43.3 Å². The van der Waals surface area contributed by atoms with Gasteiger partial charge in [0.15, 0.2) is 12.2 Å². The molecule has 0 bridgehead atoms. The van der Waals surface area contributed by atoms with Gasteiger partial charge in [0.2, 0.25) is 17.8 Å². The van der Waals surface area contributed by atoms with Gasteiger partial charge in [0.05, 0.1) is 36.2 Å². The van der Waals surface area contributed by atoms with E-state index in [0.29, 0.717) is 47.7 Å². The number of rotatable bonds is 8. The third-order valence-corrected chi connectivity index (χ3v) is 6.72. The Bertz CT molecular complexity index is 1410. The van der Waals surface area contributed by atoms with Gasteiger partial charge in [0.25, 0.3) is 0 Å². The quantitative estimate of drug-likeness (QED) is 0.342. The van der Waals surface area contributed by atoms with Crippen molar-refractivity contribution >= 4 is 11.8 Å². The molecule has 5 rings (SSSR count). The van der Waals surface area contributed by atoms with Gasteiger partial charge in [-0.25, -0.2) is 9.97 Å². The maximum absolute atomic E-state index is 15.0. The molecule has 0 aliphatic carbocycles. The van der Waals surface area contributed by atoms with Crippen molar-refractivity contribution in [1.29, 1.82) is 0 Å². The minimum absolute atomic E-state index is 0.0393. The van der Waals surface area contributed by atoms with Crippen molar-refractivity contribution in [2.75, 3.05) is 6.54 Å². The predicted molar refractivity (Wildman–Crippen MR) is 135 cm³/mol. The van der Waals surface area contributed by atoms with Crippen molar-refractivity contribution in [3.8, 4) is 11.3 Å². The predicted octanol–water partition coefficient (Wildman–Crippen LogP) is 3.56. The maximum atomic E-state index is 15.0. The Hall–Kier alpha value is -4.41. The third-order valence-electron chi connectivity index (χ3n) is 6.72. The standard InChI is InChI=1S/C27H28FN7O3/c1-16(2)20-8-9-21(31-26(20)28)25(18-6-3-5-17(11-18)23-14-29-15-38-23)32-27(37)22-7-4-10-35(22)24(36)12-19-13-30-34-33-19/h3,5-6,8-9,11,13-16,22,25H,4,7,10,12H2,1-2H3,(H,32,37)(H,30,33,34)/t22-,25?/m0/s1. The molecule has 1 aromatic carbocycles. The minimum Gasteiger partial charge on any atom is -0.444 e. The summed E-state index contributed by atoms with van der Waals surface area (Å²) in [5.41, 5.74) is 2.87. The van der Waals surface area contributed by atoms with E-state index in [-0.39, 0.29) is 24.2 Å². The lowest BCUT2D eigenvalue weighted by Crippen LogP contribution is -2.47. The second kappa shape index (κ2) is 10.9. The average molecular weight is 518 g/mol. The van der Waals surface area contributed by atoms with Gasteiger partial charge >= 0.3 is 0 Å². The molecule has 4 aromatic rings. The number of likely N-dealkylation sites (tertiary alicyclic amines) is 1. The number of benzene rings is 1. The Morgan fingerprint density at radius 2 is 2.11 bits per heavy atom. The van der Waals surface area contributed by atoms with Crippen LogP contribution in [0.15, 0.2) is 59.6 Å². The molecule has 2 N–H and O–H groups in total. The molecule has 196 valence electrons. The zero-order valence-corrected chi connectivity index (χ0v) is 21.1. The summed E-state index contributed by atoms with van der Waals surface area (Å²) in [6, 6.07) is 9.40. The summed E-state index contributed by atoms with van der Waals surface area (Å²) in [5, 5.41) is 13.1. The molecule has 1 aliphatic rings. The number of aromatic amines is 1. The lowest BCUT2D eigenvalue weighted by atomic mass is 9.97. The Morgan fingerprint density at radius 3 is 2.82 bits per heavy atom. The molecular formula is C27H28FN7O3. The molecule has 10 nitrogen and oxygen atoms in total. The van der Waals surface area contributed by atoms with E-state index in [4.69, 9.17) is 4.42 Å². The Labute approximate surface area is 218 Å². The number of carbonyl (C=O) groups excluding carboxylic acids is 2. The fourth-order valence-corrected chi connectivity index (χ4v) is 4.75. The van der Waals surface area contributed by atoms with Crippen molar-refractivity contribution in [3.63, 3.8) is 0 Å². The van der Waals surface area contributed by atoms with E-state index < -0.39 is 18.0 Å². The molecule has 0 radical (unpaired) electrons. The molecule has 4 heterocycles. The molecular weight excluding hydrogens is 489 g/mol. The first-order valence-corrected chi connectivity index (χ1v) is 12.5. The Balaban J connectivity index is 1.44. The first kappa shape index (κ1) is 25.2. The molecule has 11 heteroatoms. The zero-order chi connectivity index (χ0) is 26.6. The number of amides is 2. The summed E-state index contributed by atoms with van der Waals surface area (Å²) in [6.07, 6.45) is 5.72. The van der Waals surface area contributed by atoms with E-state index in [9.17, 15) is 14.0 Å². The highest BCUT2D eigenvalue weighted by molar-refractivity contribution is 5.89. The van der Waals surface area contributed by atoms with E-state index in [1.807, 2.05) is 38.1 Å². The van der Waals surface area contributed by atoms with E-state index in [1.54, 1.807) is 23.2 Å². The fraction of sp³-hybridized carbons (Fsp3) is 0.333. The van der Waals surface area contributed by atoms with Gasteiger partial charge in [0, 0.05) is 17.7 Å². The largest absolute Gasteiger partial charge is 0.444 e. The number of aromatic nitrogens is 5. The average Bonchev–Trinajstić information content (AvgIpc) is 3.70. The summed E-state index contributed by atoms with van der Waals surface area (Å²) in [6.45, 7) is 4.26. The first-order valence-electron chi connectivity index (χ1n) is 12.5. The zero-order valence-electron chi connectivity index (χ0n) is 21.1. The smallest absolute Gasteiger partial charge is 0.243 e. The van der Waals surface area contributed by atoms with Gasteiger partial charge in [-0.2, -0.15) is 4.39 Å². The Kier molecular flexibility index (Phi) is 7.25. The number of hydrogen-bond acceptors (Lipinski definition) is 7. The second-order valence-corrected chi connectivity index (χ2v) is 9.61. The van der Waals surface area contributed by atoms with Gasteiger partial charge < -0.3 is 14.6 Å². The van der Waals surface area contributed by atoms with Crippen LogP contribution in [0, 0.1) is 5.95 Å². The van der Waals surface area contributed by atoms with Crippen LogP contribution in [-0.2, 0) is 16.0 Å². The van der Waals surface area contributed by atoms with Crippen molar-refractivity contribution in [1.82, 2.24) is 35.6 Å². The highest BCUT2D eigenvalue weighted by Gasteiger charge is 2.35. The summed E-state index contributed by atoms with van der Waals surface area (Å²) in [5.74, 6) is -0.574. The number of nitrogens with zero attached hydrogens (tertiary/aromatic N) is 5. The first-order chi connectivity index (χ1) is 18.4. The molecule has 38 heavy (non-hydrogen) atoms. The van der Waals surface area contributed by atoms with Crippen LogP contribution in [-0.4, -0.2) is 54.7 Å². The molecule has 2 amide bonds. The highest BCUT2D eigenvalue weighted by Crippen LogP contribution is 2.29. The van der Waals surface area contributed by atoms with E-state index in [2.05, 4.69) is 30.7 Å². The van der Waals surface area contributed by atoms with Crippen LogP contribution in [0.3, 0.4) is 0 Å². The fourth-order valence-electron chi connectivity index (χ4n) is 4.75. The number of oxazole rings is 1. The van der Waals surface area contributed by atoms with Crippen LogP contribution in [0.1, 0.15) is 61.2 Å². The van der Waals surface area contributed by atoms with Crippen LogP contribution in [0.4, 0.5) is 4.39 Å². The molecule has 0 spiro atoms. The molecule has 0 saturated carbocycles. The molecule has 1 aliphatic heterocycles. The summed E-state index contributed by atoms with van der Waals surface area (Å²) >= 11 is 0. The molecule has 1 saturated heterocycles. The molecule has 1 fully saturated rings. The Morgan fingerprint density at radius 1 is 1.24 bits per heavy atom. The van der Waals surface area contributed by atoms with Crippen molar-refractivity contribution < 1.29 is 18.4 Å². The van der Waals surface area contributed by atoms with Crippen LogP contribution in [0.25, 0.3) is 11.3 Å². The van der Waals surface area contributed by atoms with Crippen LogP contribution in [0.2, 0.25) is 0 Å². The van der Waals surface area contributed by atoms with Crippen LogP contribution >= 0.6 is 0 Å². The second-order valence-electron chi connectivity index (χ2n) is 9.61. The van der Waals surface area contributed by atoms with E-state index in [0.717, 1.165) is 5.56 Å². The van der Waals surface area contributed by atoms with Gasteiger partial charge in [-0.05, 0) is 36.5 Å². The van der Waals surface area contributed by atoms with Crippen molar-refractivity contribution in [2.45, 2.75) is 51.1 Å². The summed E-state index contributed by atoms with van der Waals surface area (Å²) in [7, 11) is 0. The highest BCUT2D eigenvalue weighted by atomic mass is 19.1. The number of pyridine rings is 1. The van der Waals surface area contributed by atoms with Gasteiger partial charge in [-0.3, -0.25) is 14.7 Å². The normalized spacial score (nSPS) is 16.1. The van der Waals surface area contributed by atoms with Gasteiger partial charge in [-0.15, -0.1) is 5.10 Å². The number of carbonyl (C=O) groups is 2. The van der Waals surface area contributed by atoms with Gasteiger partial charge in [0.1, 0.15) is 6.04 Å². The van der Waals surface area contributed by atoms with Crippen molar-refractivity contribution in [2.24, 2.45) is 0 Å². The monoisotopic (exact) mass is 517 g/mol. The molecule has 3 aromatic heterocycles. The van der Waals surface area contributed by atoms with E-state index >= 15 is 0 Å². The summed E-state index contributed by atoms with van der Waals surface area (Å²) < 4.78 is 20.4. The third kappa shape index (κ3) is 5.31.